The van der Waals surface area contributed by atoms with Gasteiger partial charge in [-0.15, -0.1) is 0 Å². The molecule has 1 aromatic heterocycles. The van der Waals surface area contributed by atoms with E-state index in [4.69, 9.17) is 4.74 Å². The number of aromatic nitrogens is 2. The molecule has 0 radical (unpaired) electrons. The molecule has 3 rings (SSSR count). The Kier molecular flexibility index (Phi) is 5.54. The Hall–Kier alpha value is -2.70. The first-order chi connectivity index (χ1) is 13.3. The number of amides is 1. The number of rotatable bonds is 6. The predicted octanol–water partition coefficient (Wildman–Crippen LogP) is 2.78. The smallest absolute Gasteiger partial charge is 0.254 e. The van der Waals surface area contributed by atoms with Crippen molar-refractivity contribution in [1.82, 2.24) is 20.2 Å². The fraction of sp³-hybridized carbons (Fsp3) is 0.524. The number of hydrogen-bond acceptors (Lipinski definition) is 6. The van der Waals surface area contributed by atoms with Crippen molar-refractivity contribution in [3.63, 3.8) is 0 Å². The number of hydrogen-bond donors (Lipinski definition) is 1. The second-order valence-electron chi connectivity index (χ2n) is 7.98. The summed E-state index contributed by atoms with van der Waals surface area (Å²) >= 11 is 0. The molecule has 2 aliphatic rings. The lowest BCUT2D eigenvalue weighted by Crippen LogP contribution is -2.38. The van der Waals surface area contributed by atoms with Crippen LogP contribution in [0, 0.1) is 0 Å². The molecule has 0 saturated heterocycles. The van der Waals surface area contributed by atoms with Crippen molar-refractivity contribution in [2.45, 2.75) is 59.0 Å². The van der Waals surface area contributed by atoms with Gasteiger partial charge in [0.1, 0.15) is 12.1 Å². The van der Waals surface area contributed by atoms with Gasteiger partial charge in [0.15, 0.2) is 0 Å². The predicted molar refractivity (Wildman–Crippen MR) is 109 cm³/mol. The first-order valence-electron chi connectivity index (χ1n) is 9.59. The van der Waals surface area contributed by atoms with Gasteiger partial charge in [0.2, 0.25) is 5.88 Å². The van der Waals surface area contributed by atoms with Gasteiger partial charge >= 0.3 is 0 Å². The van der Waals surface area contributed by atoms with Crippen molar-refractivity contribution >= 4 is 12.6 Å². The van der Waals surface area contributed by atoms with E-state index in [2.05, 4.69) is 33.9 Å². The molecule has 2 heterocycles. The van der Waals surface area contributed by atoms with Crippen LogP contribution in [0.15, 0.2) is 33.9 Å². The minimum absolute atomic E-state index is 0.0158. The maximum absolute atomic E-state index is 13.5. The molecule has 1 N–H and O–H groups in total. The zero-order valence-corrected chi connectivity index (χ0v) is 17.4. The van der Waals surface area contributed by atoms with Gasteiger partial charge < -0.3 is 15.0 Å². The number of fused-ring (bicyclic) bond motifs is 1. The fourth-order valence-electron chi connectivity index (χ4n) is 3.54. The van der Waals surface area contributed by atoms with Crippen molar-refractivity contribution in [2.75, 3.05) is 13.7 Å². The van der Waals surface area contributed by atoms with Crippen LogP contribution in [0.2, 0.25) is 0 Å². The number of methoxy groups -OCH3 is 1. The summed E-state index contributed by atoms with van der Waals surface area (Å²) in [6, 6.07) is 0. The number of carbonyl (C=O) groups is 1. The molecule has 0 aromatic carbocycles. The summed E-state index contributed by atoms with van der Waals surface area (Å²) in [5, 5.41) is 3.45. The topological polar surface area (TPSA) is 79.7 Å². The molecule has 1 aliphatic carbocycles. The summed E-state index contributed by atoms with van der Waals surface area (Å²) in [4.78, 5) is 28.0. The van der Waals surface area contributed by atoms with Crippen LogP contribution in [0.1, 0.15) is 51.8 Å². The second-order valence-corrected chi connectivity index (χ2v) is 7.98. The summed E-state index contributed by atoms with van der Waals surface area (Å²) in [7, 11) is 1.59. The van der Waals surface area contributed by atoms with E-state index in [1.807, 2.05) is 25.7 Å². The van der Waals surface area contributed by atoms with E-state index in [0.29, 0.717) is 36.8 Å². The molecule has 0 bridgehead atoms. The molecule has 1 fully saturated rings. The van der Waals surface area contributed by atoms with E-state index in [-0.39, 0.29) is 11.4 Å². The molecule has 0 unspecified atom stereocenters. The largest absolute Gasteiger partial charge is 0.481 e. The van der Waals surface area contributed by atoms with Crippen LogP contribution in [-0.4, -0.2) is 46.7 Å². The summed E-state index contributed by atoms with van der Waals surface area (Å²) in [6.07, 6.45) is 4.39. The molecule has 7 heteroatoms. The van der Waals surface area contributed by atoms with Gasteiger partial charge in [-0.3, -0.25) is 4.79 Å². The number of nitrogens with one attached hydrogen (secondary N) is 1. The standard InChI is InChI=1S/C21H29N5O2/c1-13(2)17(14(3)18(22-5)25-21(4)8-9-21)20(27)26-10-7-16-15(11-26)19(28-6)24-12-23-16/h12,25H,5,7-11H2,1-4,6H3/b18-14-. The van der Waals surface area contributed by atoms with Crippen LogP contribution in [-0.2, 0) is 17.8 Å². The summed E-state index contributed by atoms with van der Waals surface area (Å²) in [5.41, 5.74) is 4.34. The maximum atomic E-state index is 13.5. The Labute approximate surface area is 166 Å². The van der Waals surface area contributed by atoms with Gasteiger partial charge in [-0.1, -0.05) is 5.57 Å². The van der Waals surface area contributed by atoms with E-state index in [0.717, 1.165) is 35.2 Å². The second kappa shape index (κ2) is 7.73. The van der Waals surface area contributed by atoms with Gasteiger partial charge in [-0.05, 0) is 47.3 Å². The number of carbonyl (C=O) groups excluding carboxylic acids is 1. The first-order valence-corrected chi connectivity index (χ1v) is 9.59. The van der Waals surface area contributed by atoms with Crippen LogP contribution in [0.4, 0.5) is 0 Å². The van der Waals surface area contributed by atoms with Crippen molar-refractivity contribution in [1.29, 1.82) is 0 Å². The molecule has 28 heavy (non-hydrogen) atoms. The van der Waals surface area contributed by atoms with Crippen LogP contribution < -0.4 is 10.1 Å². The summed E-state index contributed by atoms with van der Waals surface area (Å²) in [5.74, 6) is 1.20. The minimum Gasteiger partial charge on any atom is -0.481 e. The van der Waals surface area contributed by atoms with Gasteiger partial charge in [0.05, 0.1) is 24.9 Å². The van der Waals surface area contributed by atoms with E-state index in [1.54, 1.807) is 7.11 Å². The normalized spacial score (nSPS) is 17.8. The lowest BCUT2D eigenvalue weighted by Gasteiger charge is -2.30. The zero-order valence-electron chi connectivity index (χ0n) is 17.4. The van der Waals surface area contributed by atoms with Crippen LogP contribution in [0.5, 0.6) is 5.88 Å². The maximum Gasteiger partial charge on any atom is 0.254 e. The molecule has 150 valence electrons. The Morgan fingerprint density at radius 3 is 2.61 bits per heavy atom. The molecule has 1 amide bonds. The lowest BCUT2D eigenvalue weighted by atomic mass is 9.98. The number of ether oxygens (including phenoxy) is 1. The van der Waals surface area contributed by atoms with E-state index < -0.39 is 0 Å². The summed E-state index contributed by atoms with van der Waals surface area (Å²) in [6.45, 7) is 12.8. The molecule has 1 saturated carbocycles. The van der Waals surface area contributed by atoms with E-state index >= 15 is 0 Å². The highest BCUT2D eigenvalue weighted by Crippen LogP contribution is 2.36. The Morgan fingerprint density at radius 1 is 1.32 bits per heavy atom. The quantitative estimate of drug-likeness (QED) is 0.464. The van der Waals surface area contributed by atoms with Gasteiger partial charge in [0, 0.05) is 29.7 Å². The average Bonchev–Trinajstić information content (AvgIpc) is 3.41. The molecule has 7 nitrogen and oxygen atoms in total. The zero-order chi connectivity index (χ0) is 20.5. The molecule has 0 atom stereocenters. The van der Waals surface area contributed by atoms with Crippen molar-refractivity contribution in [3.8, 4) is 5.88 Å². The van der Waals surface area contributed by atoms with Gasteiger partial charge in [0.25, 0.3) is 5.91 Å². The van der Waals surface area contributed by atoms with E-state index in [1.165, 1.54) is 6.33 Å². The third-order valence-electron chi connectivity index (χ3n) is 5.47. The fourth-order valence-corrected chi connectivity index (χ4v) is 3.54. The average molecular weight is 383 g/mol. The van der Waals surface area contributed by atoms with Crippen LogP contribution >= 0.6 is 0 Å². The minimum atomic E-state index is -0.0158. The van der Waals surface area contributed by atoms with Crippen molar-refractivity contribution in [3.05, 3.63) is 40.1 Å². The molecular formula is C21H29N5O2. The third kappa shape index (κ3) is 3.93. The summed E-state index contributed by atoms with van der Waals surface area (Å²) < 4.78 is 5.37. The number of aliphatic imine (C=N–C) groups is 1. The first kappa shape index (κ1) is 20.0. The monoisotopic (exact) mass is 383 g/mol. The highest BCUT2D eigenvalue weighted by Gasteiger charge is 2.38. The Morgan fingerprint density at radius 2 is 2.04 bits per heavy atom. The van der Waals surface area contributed by atoms with E-state index in [9.17, 15) is 4.79 Å². The molecule has 0 spiro atoms. The van der Waals surface area contributed by atoms with Gasteiger partial charge in [-0.2, -0.15) is 0 Å². The highest BCUT2D eigenvalue weighted by molar-refractivity contribution is 5.98. The Bertz CT molecular complexity index is 849. The van der Waals surface area contributed by atoms with Gasteiger partial charge in [-0.25, -0.2) is 15.0 Å². The molecular weight excluding hydrogens is 354 g/mol. The van der Waals surface area contributed by atoms with Crippen LogP contribution in [0.3, 0.4) is 0 Å². The SMILES string of the molecule is C=N/C(NC1(C)CC1)=C(\C)C(C(=O)N1CCc2ncnc(OC)c2C1)=C(C)C. The molecule has 1 aliphatic heterocycles. The lowest BCUT2D eigenvalue weighted by molar-refractivity contribution is -0.127. The third-order valence-corrected chi connectivity index (χ3v) is 5.47. The number of nitrogens with zero attached hydrogens (tertiary/aromatic N) is 4. The molecule has 1 aromatic rings. The highest BCUT2D eigenvalue weighted by atomic mass is 16.5. The number of allylic oxidation sites excluding steroid dienone is 1. The van der Waals surface area contributed by atoms with Crippen molar-refractivity contribution in [2.24, 2.45) is 4.99 Å². The Balaban J connectivity index is 1.90. The van der Waals surface area contributed by atoms with Crippen molar-refractivity contribution < 1.29 is 9.53 Å². The van der Waals surface area contributed by atoms with Crippen LogP contribution in [0.25, 0.3) is 0 Å².